The zero-order valence-electron chi connectivity index (χ0n) is 16.4. The third-order valence-electron chi connectivity index (χ3n) is 5.39. The summed E-state index contributed by atoms with van der Waals surface area (Å²) < 4.78 is 54.1. The molecule has 1 heterocycles. The van der Waals surface area contributed by atoms with Gasteiger partial charge in [-0.2, -0.15) is 13.2 Å². The molecule has 1 fully saturated rings. The second-order valence-corrected chi connectivity index (χ2v) is 9.22. The Labute approximate surface area is 176 Å². The molecular formula is C22H24F3NO3S. The predicted molar refractivity (Wildman–Crippen MR) is 109 cm³/mol. The molecule has 2 aromatic rings. The van der Waals surface area contributed by atoms with Crippen LogP contribution in [0.15, 0.2) is 53.4 Å². The zero-order valence-corrected chi connectivity index (χ0v) is 17.2. The van der Waals surface area contributed by atoms with Crippen molar-refractivity contribution in [3.05, 3.63) is 54.1 Å². The highest BCUT2D eigenvalue weighted by molar-refractivity contribution is 7.87. The number of carbonyl (C=O) groups is 1. The molecule has 1 saturated heterocycles. The van der Waals surface area contributed by atoms with Crippen molar-refractivity contribution in [1.29, 1.82) is 0 Å². The number of nitrogens with two attached hydrogens (primary N) is 1. The molecule has 1 atom stereocenters. The minimum absolute atomic E-state index is 0.0655. The Balaban J connectivity index is 1.69. The van der Waals surface area contributed by atoms with Crippen LogP contribution in [0.5, 0.6) is 0 Å². The molecule has 0 bridgehead atoms. The van der Waals surface area contributed by atoms with E-state index in [1.54, 1.807) is 12.1 Å². The molecule has 1 aliphatic rings. The maximum absolute atomic E-state index is 13.1. The quantitative estimate of drug-likeness (QED) is 0.696. The maximum Gasteiger partial charge on any atom is 0.389 e. The van der Waals surface area contributed by atoms with E-state index in [-0.39, 0.29) is 6.42 Å². The highest BCUT2D eigenvalue weighted by Gasteiger charge is 2.45. The number of rotatable bonds is 7. The first kappa shape index (κ1) is 22.5. The molecular weight excluding hydrogens is 415 g/mol. The van der Waals surface area contributed by atoms with Gasteiger partial charge in [0.05, 0.1) is 10.8 Å². The Hall–Kier alpha value is -2.19. The number of carbonyl (C=O) groups excluding carboxylic acids is 1. The van der Waals surface area contributed by atoms with Crippen molar-refractivity contribution in [2.75, 3.05) is 13.2 Å². The minimum Gasteiger partial charge on any atom is -0.381 e. The van der Waals surface area contributed by atoms with Gasteiger partial charge in [0.1, 0.15) is 4.75 Å². The van der Waals surface area contributed by atoms with Crippen LogP contribution in [0.1, 0.15) is 31.2 Å². The summed E-state index contributed by atoms with van der Waals surface area (Å²) in [4.78, 5) is 12.6. The average molecular weight is 439 g/mol. The Kier molecular flexibility index (Phi) is 6.98. The van der Waals surface area contributed by atoms with Gasteiger partial charge in [-0.05, 0) is 54.5 Å². The largest absolute Gasteiger partial charge is 0.389 e. The monoisotopic (exact) mass is 439 g/mol. The second-order valence-electron chi connectivity index (χ2n) is 7.43. The van der Waals surface area contributed by atoms with Crippen LogP contribution < -0.4 is 5.73 Å². The van der Waals surface area contributed by atoms with Crippen molar-refractivity contribution in [1.82, 2.24) is 0 Å². The Morgan fingerprint density at radius 3 is 2.03 bits per heavy atom. The number of primary amides is 1. The molecule has 162 valence electrons. The third kappa shape index (κ3) is 5.29. The Bertz CT molecular complexity index is 889. The summed E-state index contributed by atoms with van der Waals surface area (Å²) in [6, 6.07) is 14.5. The van der Waals surface area contributed by atoms with Crippen LogP contribution in [-0.4, -0.2) is 34.3 Å². The van der Waals surface area contributed by atoms with Gasteiger partial charge in [-0.1, -0.05) is 36.4 Å². The average Bonchev–Trinajstić information content (AvgIpc) is 2.73. The molecule has 8 heteroatoms. The molecule has 0 aromatic heterocycles. The molecule has 2 aromatic carbocycles. The molecule has 0 radical (unpaired) electrons. The number of ether oxygens (including phenoxy) is 1. The number of halogens is 3. The van der Waals surface area contributed by atoms with Crippen LogP contribution in [0, 0.1) is 0 Å². The van der Waals surface area contributed by atoms with Crippen LogP contribution in [0.3, 0.4) is 0 Å². The molecule has 0 saturated carbocycles. The molecule has 30 heavy (non-hydrogen) atoms. The van der Waals surface area contributed by atoms with E-state index in [4.69, 9.17) is 10.5 Å². The van der Waals surface area contributed by atoms with E-state index in [2.05, 4.69) is 0 Å². The summed E-state index contributed by atoms with van der Waals surface area (Å²) in [5, 5.41) is 0. The van der Waals surface area contributed by atoms with Gasteiger partial charge in [0, 0.05) is 24.5 Å². The standard InChI is InChI=1S/C22H24F3NO3S/c23-22(24,25)11-1-2-16-3-5-17(6-4-16)18-7-9-19(10-8-18)30(28)21(20(26)27)12-14-29-15-13-21/h3-10H,1-2,11-15H2,(H2,26,27). The van der Waals surface area contributed by atoms with Gasteiger partial charge in [0.15, 0.2) is 0 Å². The van der Waals surface area contributed by atoms with E-state index in [9.17, 15) is 22.2 Å². The van der Waals surface area contributed by atoms with Crippen molar-refractivity contribution in [3.8, 4) is 11.1 Å². The molecule has 1 unspecified atom stereocenters. The van der Waals surface area contributed by atoms with Gasteiger partial charge in [-0.3, -0.25) is 9.00 Å². The van der Waals surface area contributed by atoms with E-state index in [1.165, 1.54) is 0 Å². The number of amides is 1. The van der Waals surface area contributed by atoms with Crippen molar-refractivity contribution in [3.63, 3.8) is 0 Å². The van der Waals surface area contributed by atoms with E-state index < -0.39 is 34.1 Å². The number of hydrogen-bond acceptors (Lipinski definition) is 3. The third-order valence-corrected chi connectivity index (χ3v) is 7.41. The van der Waals surface area contributed by atoms with Crippen molar-refractivity contribution in [2.45, 2.75) is 47.9 Å². The van der Waals surface area contributed by atoms with Gasteiger partial charge >= 0.3 is 6.18 Å². The summed E-state index contributed by atoms with van der Waals surface area (Å²) >= 11 is 0. The number of hydrogen-bond donors (Lipinski definition) is 1. The van der Waals surface area contributed by atoms with E-state index >= 15 is 0 Å². The molecule has 0 aliphatic carbocycles. The van der Waals surface area contributed by atoms with Crippen molar-refractivity contribution >= 4 is 16.7 Å². The Morgan fingerprint density at radius 2 is 1.53 bits per heavy atom. The smallest absolute Gasteiger partial charge is 0.381 e. The van der Waals surface area contributed by atoms with Crippen LogP contribution in [-0.2, 0) is 26.8 Å². The first-order valence-corrected chi connectivity index (χ1v) is 10.9. The van der Waals surface area contributed by atoms with Crippen LogP contribution in [0.4, 0.5) is 13.2 Å². The lowest BCUT2D eigenvalue weighted by Gasteiger charge is -2.33. The summed E-state index contributed by atoms with van der Waals surface area (Å²) in [6.07, 6.45) is -3.82. The molecule has 1 aliphatic heterocycles. The highest BCUT2D eigenvalue weighted by atomic mass is 32.2. The fourth-order valence-corrected chi connectivity index (χ4v) is 5.13. The highest BCUT2D eigenvalue weighted by Crippen LogP contribution is 2.32. The van der Waals surface area contributed by atoms with Gasteiger partial charge in [0.25, 0.3) is 0 Å². The maximum atomic E-state index is 13.1. The summed E-state index contributed by atoms with van der Waals surface area (Å²) in [5.41, 5.74) is 8.23. The fourth-order valence-electron chi connectivity index (χ4n) is 3.58. The van der Waals surface area contributed by atoms with Gasteiger partial charge in [0.2, 0.25) is 5.91 Å². The van der Waals surface area contributed by atoms with Crippen LogP contribution >= 0.6 is 0 Å². The van der Waals surface area contributed by atoms with E-state index in [1.807, 2.05) is 36.4 Å². The normalized spacial score (nSPS) is 17.4. The lowest BCUT2D eigenvalue weighted by atomic mass is 9.98. The van der Waals surface area contributed by atoms with E-state index in [0.717, 1.165) is 16.7 Å². The van der Waals surface area contributed by atoms with E-state index in [0.29, 0.717) is 37.4 Å². The lowest BCUT2D eigenvalue weighted by Crippen LogP contribution is -2.51. The van der Waals surface area contributed by atoms with Crippen molar-refractivity contribution in [2.24, 2.45) is 5.73 Å². The van der Waals surface area contributed by atoms with Crippen LogP contribution in [0.25, 0.3) is 11.1 Å². The number of alkyl halides is 3. The molecule has 4 nitrogen and oxygen atoms in total. The zero-order chi connectivity index (χ0) is 21.8. The Morgan fingerprint density at radius 1 is 1.00 bits per heavy atom. The van der Waals surface area contributed by atoms with Crippen molar-refractivity contribution < 1.29 is 26.9 Å². The molecule has 3 rings (SSSR count). The molecule has 2 N–H and O–H groups in total. The number of benzene rings is 2. The fraction of sp³-hybridized carbons (Fsp3) is 0.409. The summed E-state index contributed by atoms with van der Waals surface area (Å²) in [6.45, 7) is 0.699. The minimum atomic E-state index is -4.13. The lowest BCUT2D eigenvalue weighted by molar-refractivity contribution is -0.135. The molecule has 1 amide bonds. The van der Waals surface area contributed by atoms with Gasteiger partial charge < -0.3 is 10.5 Å². The number of aryl methyl sites for hydroxylation is 1. The summed E-state index contributed by atoms with van der Waals surface area (Å²) in [7, 11) is -1.58. The topological polar surface area (TPSA) is 69.4 Å². The van der Waals surface area contributed by atoms with Gasteiger partial charge in [-0.25, -0.2) is 0 Å². The first-order chi connectivity index (χ1) is 14.2. The van der Waals surface area contributed by atoms with Crippen LogP contribution in [0.2, 0.25) is 0 Å². The molecule has 0 spiro atoms. The van der Waals surface area contributed by atoms with Gasteiger partial charge in [-0.15, -0.1) is 0 Å². The second kappa shape index (κ2) is 9.31. The summed E-state index contributed by atoms with van der Waals surface area (Å²) in [5.74, 6) is -0.575. The first-order valence-electron chi connectivity index (χ1n) is 9.77. The predicted octanol–water partition coefficient (Wildman–Crippen LogP) is 4.38. The SMILES string of the molecule is NC(=O)C1(S(=O)c2ccc(-c3ccc(CCCC(F)(F)F)cc3)cc2)CCOCC1.